The van der Waals surface area contributed by atoms with E-state index in [0.717, 1.165) is 17.5 Å². The molecule has 194 valence electrons. The van der Waals surface area contributed by atoms with Crippen molar-refractivity contribution in [1.82, 2.24) is 20.4 Å². The number of hydrogen-bond acceptors (Lipinski definition) is 8. The molecule has 0 spiro atoms. The number of amides is 1. The van der Waals surface area contributed by atoms with Crippen molar-refractivity contribution < 1.29 is 14.3 Å². The zero-order valence-electron chi connectivity index (χ0n) is 21.7. The van der Waals surface area contributed by atoms with Crippen LogP contribution in [0.3, 0.4) is 0 Å². The van der Waals surface area contributed by atoms with Gasteiger partial charge in [0.15, 0.2) is 11.5 Å². The van der Waals surface area contributed by atoms with Crippen LogP contribution >= 0.6 is 0 Å². The van der Waals surface area contributed by atoms with Gasteiger partial charge in [-0.25, -0.2) is 10.4 Å². The Bertz CT molecular complexity index is 1310. The number of nitrogens with two attached hydrogens (primary N) is 2. The van der Waals surface area contributed by atoms with E-state index in [2.05, 4.69) is 41.4 Å². The third-order valence-corrected chi connectivity index (χ3v) is 6.38. The fourth-order valence-corrected chi connectivity index (χ4v) is 4.66. The highest BCUT2D eigenvalue weighted by molar-refractivity contribution is 5.92. The van der Waals surface area contributed by atoms with Crippen molar-refractivity contribution in [3.63, 3.8) is 0 Å². The van der Waals surface area contributed by atoms with Crippen LogP contribution in [0.5, 0.6) is 11.5 Å². The molecule has 0 saturated carbocycles. The van der Waals surface area contributed by atoms with E-state index in [9.17, 15) is 4.79 Å². The van der Waals surface area contributed by atoms with Crippen LogP contribution in [0.1, 0.15) is 54.1 Å². The summed E-state index contributed by atoms with van der Waals surface area (Å²) in [6.45, 7) is 4.93. The Morgan fingerprint density at radius 3 is 2.70 bits per heavy atom. The number of fused-ring (bicyclic) bond motifs is 1. The number of benzene rings is 2. The second-order valence-electron chi connectivity index (χ2n) is 9.46. The van der Waals surface area contributed by atoms with Gasteiger partial charge < -0.3 is 20.9 Å². The number of carbonyl (C=O) groups is 1. The van der Waals surface area contributed by atoms with E-state index in [1.165, 1.54) is 11.1 Å². The summed E-state index contributed by atoms with van der Waals surface area (Å²) in [7, 11) is 3.15. The molecule has 0 unspecified atom stereocenters. The number of hydrazine groups is 1. The van der Waals surface area contributed by atoms with Crippen LogP contribution in [-0.2, 0) is 17.8 Å². The molecule has 0 radical (unpaired) electrons. The third kappa shape index (κ3) is 5.83. The number of nitrogens with zero attached hydrogens (tertiary/aromatic N) is 3. The first-order chi connectivity index (χ1) is 17.8. The molecule has 2 heterocycles. The van der Waals surface area contributed by atoms with Crippen LogP contribution in [0.15, 0.2) is 48.7 Å². The average molecular weight is 503 g/mol. The van der Waals surface area contributed by atoms with Crippen LogP contribution in [0, 0.1) is 5.92 Å². The molecule has 9 nitrogen and oxygen atoms in total. The molecule has 1 atom stereocenters. The molecule has 2 aromatic carbocycles. The number of ether oxygens (including phenoxy) is 2. The van der Waals surface area contributed by atoms with Crippen molar-refractivity contribution in [3.8, 4) is 11.5 Å². The molecule has 5 N–H and O–H groups in total. The molecule has 0 bridgehead atoms. The summed E-state index contributed by atoms with van der Waals surface area (Å²) < 4.78 is 11.2. The average Bonchev–Trinajstić information content (AvgIpc) is 2.88. The van der Waals surface area contributed by atoms with Gasteiger partial charge in [-0.05, 0) is 47.2 Å². The quantitative estimate of drug-likeness (QED) is 0.396. The number of aromatic nitrogens is 2. The van der Waals surface area contributed by atoms with Crippen molar-refractivity contribution in [3.05, 3.63) is 76.5 Å². The van der Waals surface area contributed by atoms with Gasteiger partial charge in [0.25, 0.3) is 5.91 Å². The van der Waals surface area contributed by atoms with Crippen molar-refractivity contribution in [2.24, 2.45) is 5.92 Å². The van der Waals surface area contributed by atoms with Gasteiger partial charge in [0.2, 0.25) is 5.95 Å². The summed E-state index contributed by atoms with van der Waals surface area (Å²) >= 11 is 0. The van der Waals surface area contributed by atoms with Gasteiger partial charge in [-0.1, -0.05) is 38.1 Å². The van der Waals surface area contributed by atoms with Gasteiger partial charge in [-0.3, -0.25) is 9.80 Å². The number of hydrogen-bond donors (Lipinski definition) is 3. The fraction of sp³-hybridized carbons (Fsp3) is 0.321. The van der Waals surface area contributed by atoms with Crippen molar-refractivity contribution in [2.45, 2.75) is 39.3 Å². The first kappa shape index (κ1) is 26.0. The van der Waals surface area contributed by atoms with Gasteiger partial charge in [0.1, 0.15) is 5.82 Å². The highest BCUT2D eigenvalue weighted by Gasteiger charge is 2.30. The SMILES string of the molecule is COc1cc(Cc2cnc(N)nc2N)cc(/C=C/C(=O)N2NCc3ccccc3[C@H]2CC(C)C)c1OC. The molecule has 0 saturated heterocycles. The summed E-state index contributed by atoms with van der Waals surface area (Å²) in [5.74, 6) is 1.81. The summed E-state index contributed by atoms with van der Waals surface area (Å²) in [5.41, 5.74) is 19.7. The van der Waals surface area contributed by atoms with Crippen molar-refractivity contribution in [2.75, 3.05) is 25.7 Å². The second-order valence-corrected chi connectivity index (χ2v) is 9.46. The van der Waals surface area contributed by atoms with Gasteiger partial charge in [-0.2, -0.15) is 4.98 Å². The minimum absolute atomic E-state index is 0.0571. The lowest BCUT2D eigenvalue weighted by Crippen LogP contribution is -2.48. The maximum atomic E-state index is 13.4. The number of carbonyl (C=O) groups excluding carboxylic acids is 1. The summed E-state index contributed by atoms with van der Waals surface area (Å²) in [6.07, 6.45) is 6.24. The number of nitrogens with one attached hydrogen (secondary N) is 1. The Balaban J connectivity index is 1.64. The van der Waals surface area contributed by atoms with E-state index in [4.69, 9.17) is 20.9 Å². The monoisotopic (exact) mass is 502 g/mol. The Labute approximate surface area is 217 Å². The Hall–Kier alpha value is -4.11. The number of nitrogen functional groups attached to an aromatic ring is 2. The lowest BCUT2D eigenvalue weighted by atomic mass is 9.91. The lowest BCUT2D eigenvalue weighted by Gasteiger charge is -2.38. The van der Waals surface area contributed by atoms with Crippen LogP contribution < -0.4 is 26.4 Å². The molecule has 3 aromatic rings. The Morgan fingerprint density at radius 1 is 1.22 bits per heavy atom. The normalized spacial score (nSPS) is 15.2. The molecular weight excluding hydrogens is 468 g/mol. The Morgan fingerprint density at radius 2 is 2.00 bits per heavy atom. The number of rotatable bonds is 8. The van der Waals surface area contributed by atoms with Gasteiger partial charge in [0, 0.05) is 36.4 Å². The zero-order valence-corrected chi connectivity index (χ0v) is 21.7. The van der Waals surface area contributed by atoms with Gasteiger partial charge in [0.05, 0.1) is 20.3 Å². The van der Waals surface area contributed by atoms with Gasteiger partial charge in [-0.15, -0.1) is 0 Å². The molecule has 1 aliphatic rings. The minimum Gasteiger partial charge on any atom is -0.493 e. The molecule has 0 fully saturated rings. The second kappa shape index (κ2) is 11.3. The van der Waals surface area contributed by atoms with E-state index in [1.54, 1.807) is 37.6 Å². The third-order valence-electron chi connectivity index (χ3n) is 6.38. The van der Waals surface area contributed by atoms with Crippen LogP contribution in [0.2, 0.25) is 0 Å². The van der Waals surface area contributed by atoms with E-state index in [1.807, 2.05) is 24.3 Å². The van der Waals surface area contributed by atoms with E-state index in [-0.39, 0.29) is 17.9 Å². The van der Waals surface area contributed by atoms with E-state index < -0.39 is 0 Å². The molecule has 37 heavy (non-hydrogen) atoms. The number of methoxy groups -OCH3 is 2. The molecule has 1 amide bonds. The van der Waals surface area contributed by atoms with Crippen LogP contribution in [0.25, 0.3) is 6.08 Å². The molecule has 4 rings (SSSR count). The maximum Gasteiger partial charge on any atom is 0.261 e. The molecule has 0 aliphatic carbocycles. The minimum atomic E-state index is -0.136. The fourth-order valence-electron chi connectivity index (χ4n) is 4.66. The predicted octanol–water partition coefficient (Wildman–Crippen LogP) is 3.90. The van der Waals surface area contributed by atoms with E-state index >= 15 is 0 Å². The molecule has 1 aromatic heterocycles. The summed E-state index contributed by atoms with van der Waals surface area (Å²) in [5, 5.41) is 1.73. The van der Waals surface area contributed by atoms with E-state index in [0.29, 0.717) is 41.8 Å². The summed E-state index contributed by atoms with van der Waals surface area (Å²) in [4.78, 5) is 21.5. The topological polar surface area (TPSA) is 129 Å². The first-order valence-electron chi connectivity index (χ1n) is 12.2. The van der Waals surface area contributed by atoms with Crippen LogP contribution in [0.4, 0.5) is 11.8 Å². The Kier molecular flexibility index (Phi) is 7.93. The standard InChI is InChI=1S/C28H34N6O3/c1-17(2)11-23-22-8-6-5-7-20(22)16-32-34(23)25(35)10-9-19-12-18(14-24(36-3)26(19)37-4)13-21-15-31-28(30)33-27(21)29/h5-10,12,14-15,17,23,32H,11,13,16H2,1-4H3,(H4,29,30,31,33)/b10-9+/t23-/m1/s1. The highest BCUT2D eigenvalue weighted by Crippen LogP contribution is 2.36. The summed E-state index contributed by atoms with van der Waals surface area (Å²) in [6, 6.07) is 12.0. The first-order valence-corrected chi connectivity index (χ1v) is 12.2. The molecule has 1 aliphatic heterocycles. The smallest absolute Gasteiger partial charge is 0.261 e. The molecular formula is C28H34N6O3. The maximum absolute atomic E-state index is 13.4. The largest absolute Gasteiger partial charge is 0.493 e. The number of anilines is 2. The highest BCUT2D eigenvalue weighted by atomic mass is 16.5. The van der Waals surface area contributed by atoms with Crippen molar-refractivity contribution in [1.29, 1.82) is 0 Å². The molecule has 9 heteroatoms. The van der Waals surface area contributed by atoms with Gasteiger partial charge >= 0.3 is 0 Å². The predicted molar refractivity (Wildman–Crippen MR) is 145 cm³/mol. The lowest BCUT2D eigenvalue weighted by molar-refractivity contribution is -0.133. The van der Waals surface area contributed by atoms with Crippen LogP contribution in [-0.4, -0.2) is 35.1 Å². The van der Waals surface area contributed by atoms with Crippen molar-refractivity contribution >= 4 is 23.7 Å². The zero-order chi connectivity index (χ0) is 26.5.